The Hall–Kier alpha value is -2.43. The van der Waals surface area contributed by atoms with E-state index >= 15 is 0 Å². The number of ketones is 2. The van der Waals surface area contributed by atoms with Crippen LogP contribution in [0.5, 0.6) is 0 Å². The summed E-state index contributed by atoms with van der Waals surface area (Å²) in [5.74, 6) is -1.56. The van der Waals surface area contributed by atoms with E-state index < -0.39 is 17.4 Å². The van der Waals surface area contributed by atoms with Crippen LogP contribution in [0.25, 0.3) is 0 Å². The maximum absolute atomic E-state index is 12.7. The molecule has 146 valence electrons. The molecular formula is C23H24ClNO3. The van der Waals surface area contributed by atoms with Crippen molar-refractivity contribution in [2.24, 2.45) is 5.92 Å². The van der Waals surface area contributed by atoms with Gasteiger partial charge in [-0.15, -0.1) is 0 Å². The SMILES string of the molecule is CC(=O)C1=C(Nc2ccccc2)C[C@@](C)(O)[C@H](C(C)=O)[C@@H]1c1ccc(Cl)cc1. The summed E-state index contributed by atoms with van der Waals surface area (Å²) >= 11 is 6.03. The molecular weight excluding hydrogens is 374 g/mol. The lowest BCUT2D eigenvalue weighted by molar-refractivity contribution is -0.131. The van der Waals surface area contributed by atoms with E-state index in [4.69, 9.17) is 11.6 Å². The summed E-state index contributed by atoms with van der Waals surface area (Å²) in [5.41, 5.74) is 1.47. The molecule has 3 rings (SSSR count). The Kier molecular flexibility index (Phi) is 5.73. The van der Waals surface area contributed by atoms with Gasteiger partial charge in [0.25, 0.3) is 0 Å². The first-order chi connectivity index (χ1) is 13.2. The molecule has 0 spiro atoms. The standard InChI is InChI=1S/C23H24ClNO3/c1-14(26)20-19(25-18-7-5-4-6-8-18)13-23(3,28)22(15(2)27)21(20)16-9-11-17(24)12-10-16/h4-12,21-22,25,28H,13H2,1-3H3/t21-,22-,23-/m1/s1. The van der Waals surface area contributed by atoms with E-state index in [0.717, 1.165) is 11.3 Å². The Labute approximate surface area is 170 Å². The van der Waals surface area contributed by atoms with Gasteiger partial charge in [-0.2, -0.15) is 0 Å². The van der Waals surface area contributed by atoms with Crippen LogP contribution in [0.1, 0.15) is 38.7 Å². The van der Waals surface area contributed by atoms with Gasteiger partial charge in [-0.1, -0.05) is 41.9 Å². The molecule has 2 aromatic rings. The number of carbonyl (C=O) groups excluding carboxylic acids is 2. The van der Waals surface area contributed by atoms with Gasteiger partial charge in [0.1, 0.15) is 5.78 Å². The van der Waals surface area contributed by atoms with Gasteiger partial charge in [-0.05, 0) is 50.6 Å². The van der Waals surface area contributed by atoms with Gasteiger partial charge >= 0.3 is 0 Å². The second-order valence-corrected chi connectivity index (χ2v) is 8.03. The highest BCUT2D eigenvalue weighted by molar-refractivity contribution is 6.30. The van der Waals surface area contributed by atoms with Gasteiger partial charge in [0.05, 0.1) is 11.5 Å². The molecule has 0 aromatic heterocycles. The van der Waals surface area contributed by atoms with Crippen LogP contribution >= 0.6 is 11.6 Å². The average Bonchev–Trinajstić information content (AvgIpc) is 2.61. The van der Waals surface area contributed by atoms with Crippen molar-refractivity contribution in [2.45, 2.75) is 38.7 Å². The first-order valence-electron chi connectivity index (χ1n) is 9.25. The summed E-state index contributed by atoms with van der Waals surface area (Å²) in [6.45, 7) is 4.63. The highest BCUT2D eigenvalue weighted by Crippen LogP contribution is 2.47. The number of anilines is 1. The average molecular weight is 398 g/mol. The fourth-order valence-corrected chi connectivity index (χ4v) is 4.34. The summed E-state index contributed by atoms with van der Waals surface area (Å²) in [6.07, 6.45) is 0.186. The summed E-state index contributed by atoms with van der Waals surface area (Å²) in [4.78, 5) is 25.3. The van der Waals surface area contributed by atoms with E-state index in [-0.39, 0.29) is 18.0 Å². The molecule has 1 aliphatic rings. The number of para-hydroxylation sites is 1. The summed E-state index contributed by atoms with van der Waals surface area (Å²) < 4.78 is 0. The fraction of sp³-hybridized carbons (Fsp3) is 0.304. The molecule has 0 saturated heterocycles. The van der Waals surface area contributed by atoms with Crippen LogP contribution in [-0.2, 0) is 9.59 Å². The van der Waals surface area contributed by atoms with Gasteiger partial charge in [0.15, 0.2) is 5.78 Å². The summed E-state index contributed by atoms with van der Waals surface area (Å²) in [6, 6.07) is 16.6. The Balaban J connectivity index is 2.21. The van der Waals surface area contributed by atoms with Crippen LogP contribution in [-0.4, -0.2) is 22.3 Å². The van der Waals surface area contributed by atoms with Crippen LogP contribution in [0.15, 0.2) is 65.9 Å². The van der Waals surface area contributed by atoms with Gasteiger partial charge in [0.2, 0.25) is 0 Å². The molecule has 0 amide bonds. The van der Waals surface area contributed by atoms with Crippen LogP contribution in [0.3, 0.4) is 0 Å². The molecule has 5 heteroatoms. The van der Waals surface area contributed by atoms with Crippen molar-refractivity contribution < 1.29 is 14.7 Å². The number of benzene rings is 2. The maximum Gasteiger partial charge on any atom is 0.158 e. The van der Waals surface area contributed by atoms with Crippen molar-refractivity contribution >= 4 is 28.9 Å². The molecule has 2 N–H and O–H groups in total. The lowest BCUT2D eigenvalue weighted by atomic mass is 9.64. The monoisotopic (exact) mass is 397 g/mol. The maximum atomic E-state index is 12.7. The quantitative estimate of drug-likeness (QED) is 0.764. The molecule has 0 aliphatic heterocycles. The van der Waals surface area contributed by atoms with Crippen molar-refractivity contribution in [2.75, 3.05) is 5.32 Å². The van der Waals surface area contributed by atoms with Crippen LogP contribution in [0, 0.1) is 5.92 Å². The lowest BCUT2D eigenvalue weighted by Crippen LogP contribution is -2.48. The normalized spacial score (nSPS) is 24.8. The first kappa shape index (κ1) is 20.3. The van der Waals surface area contributed by atoms with Crippen molar-refractivity contribution in [3.63, 3.8) is 0 Å². The number of nitrogens with one attached hydrogen (secondary N) is 1. The zero-order valence-electron chi connectivity index (χ0n) is 16.2. The Morgan fingerprint density at radius 2 is 1.68 bits per heavy atom. The van der Waals surface area contributed by atoms with Crippen molar-refractivity contribution in [1.82, 2.24) is 0 Å². The summed E-state index contributed by atoms with van der Waals surface area (Å²) in [7, 11) is 0. The minimum Gasteiger partial charge on any atom is -0.389 e. The second-order valence-electron chi connectivity index (χ2n) is 7.59. The van der Waals surface area contributed by atoms with Gasteiger partial charge in [0, 0.05) is 34.3 Å². The van der Waals surface area contributed by atoms with Gasteiger partial charge in [-0.3, -0.25) is 9.59 Å². The molecule has 0 radical (unpaired) electrons. The molecule has 1 aliphatic carbocycles. The lowest BCUT2D eigenvalue weighted by Gasteiger charge is -2.43. The Morgan fingerprint density at radius 1 is 1.07 bits per heavy atom. The Bertz CT molecular complexity index is 917. The zero-order valence-corrected chi connectivity index (χ0v) is 17.0. The predicted octanol–water partition coefficient (Wildman–Crippen LogP) is 4.74. The number of allylic oxidation sites excluding steroid dienone is 1. The van der Waals surface area contributed by atoms with E-state index in [1.165, 1.54) is 13.8 Å². The van der Waals surface area contributed by atoms with Gasteiger partial charge in [-0.25, -0.2) is 0 Å². The van der Waals surface area contributed by atoms with Crippen LogP contribution in [0.4, 0.5) is 5.69 Å². The number of carbonyl (C=O) groups is 2. The predicted molar refractivity (Wildman–Crippen MR) is 111 cm³/mol. The fourth-order valence-electron chi connectivity index (χ4n) is 4.22. The molecule has 0 unspecified atom stereocenters. The largest absolute Gasteiger partial charge is 0.389 e. The molecule has 4 nitrogen and oxygen atoms in total. The molecule has 0 bridgehead atoms. The zero-order chi connectivity index (χ0) is 20.5. The minimum atomic E-state index is -1.30. The Morgan fingerprint density at radius 3 is 2.21 bits per heavy atom. The van der Waals surface area contributed by atoms with E-state index in [2.05, 4.69) is 5.32 Å². The second kappa shape index (κ2) is 7.90. The third-order valence-corrected chi connectivity index (χ3v) is 5.54. The highest BCUT2D eigenvalue weighted by Gasteiger charge is 2.49. The van der Waals surface area contributed by atoms with Crippen LogP contribution < -0.4 is 5.32 Å². The number of rotatable bonds is 5. The number of hydrogen-bond acceptors (Lipinski definition) is 4. The molecule has 0 saturated carbocycles. The number of aliphatic hydroxyl groups is 1. The van der Waals surface area contributed by atoms with E-state index in [0.29, 0.717) is 16.3 Å². The third-order valence-electron chi connectivity index (χ3n) is 5.29. The smallest absolute Gasteiger partial charge is 0.158 e. The third kappa shape index (κ3) is 4.03. The highest BCUT2D eigenvalue weighted by atomic mass is 35.5. The molecule has 28 heavy (non-hydrogen) atoms. The number of hydrogen-bond donors (Lipinski definition) is 2. The number of halogens is 1. The van der Waals surface area contributed by atoms with Gasteiger partial charge < -0.3 is 10.4 Å². The first-order valence-corrected chi connectivity index (χ1v) is 9.63. The molecule has 0 heterocycles. The van der Waals surface area contributed by atoms with E-state index in [9.17, 15) is 14.7 Å². The van der Waals surface area contributed by atoms with Crippen LogP contribution in [0.2, 0.25) is 5.02 Å². The van der Waals surface area contributed by atoms with Crippen molar-refractivity contribution in [3.8, 4) is 0 Å². The molecule has 2 aromatic carbocycles. The topological polar surface area (TPSA) is 66.4 Å². The molecule has 0 fully saturated rings. The minimum absolute atomic E-state index is 0.125. The molecule has 3 atom stereocenters. The van der Waals surface area contributed by atoms with Crippen molar-refractivity contribution in [3.05, 3.63) is 76.5 Å². The van der Waals surface area contributed by atoms with E-state index in [1.807, 2.05) is 42.5 Å². The summed E-state index contributed by atoms with van der Waals surface area (Å²) in [5, 5.41) is 15.1. The number of Topliss-reactive ketones (excluding diaryl/α,β-unsaturated/α-hetero) is 2. The van der Waals surface area contributed by atoms with Crippen molar-refractivity contribution in [1.29, 1.82) is 0 Å². The van der Waals surface area contributed by atoms with E-state index in [1.54, 1.807) is 19.1 Å².